The van der Waals surface area contributed by atoms with Crippen molar-refractivity contribution in [2.45, 2.75) is 63.1 Å². The highest BCUT2D eigenvalue weighted by molar-refractivity contribution is 7.13. The molecule has 0 radical (unpaired) electrons. The van der Waals surface area contributed by atoms with E-state index in [2.05, 4.69) is 20.8 Å². The molecule has 5 heterocycles. The van der Waals surface area contributed by atoms with Gasteiger partial charge < -0.3 is 36.0 Å². The predicted octanol–water partition coefficient (Wildman–Crippen LogP) is -0.320. The van der Waals surface area contributed by atoms with Crippen LogP contribution in [0.4, 0.5) is 5.13 Å². The second-order valence-corrected chi connectivity index (χ2v) is 11.8. The van der Waals surface area contributed by atoms with Crippen LogP contribution in [0.2, 0.25) is 0 Å². The SMILES string of the molecule is C[n+]1ccccc1C(=C1CCNC1=O)C1=C(C(=O)[O-])N2C(=O)[C@@H](NC(=O)C(=NOC3CCCC3)c3csc(N)n3)[C@H]2CC1. The Kier molecular flexibility index (Phi) is 7.69. The van der Waals surface area contributed by atoms with Crippen molar-refractivity contribution in [2.24, 2.45) is 12.2 Å². The number of nitrogens with one attached hydrogen (secondary N) is 2. The Bertz CT molecular complexity index is 1610. The van der Waals surface area contributed by atoms with Crippen molar-refractivity contribution in [1.29, 1.82) is 0 Å². The van der Waals surface area contributed by atoms with Crippen LogP contribution in [0.1, 0.15) is 56.3 Å². The molecule has 3 aliphatic heterocycles. The Hall–Kier alpha value is -4.59. The minimum absolute atomic E-state index is 0.103. The number of oxime groups is 1. The number of carbonyl (C=O) groups is 4. The van der Waals surface area contributed by atoms with E-state index >= 15 is 0 Å². The molecule has 0 aromatic carbocycles. The molecule has 43 heavy (non-hydrogen) atoms. The fourth-order valence-corrected chi connectivity index (χ4v) is 6.81. The van der Waals surface area contributed by atoms with Gasteiger partial charge >= 0.3 is 0 Å². The number of anilines is 1. The number of aryl methyl sites for hydroxylation is 1. The Morgan fingerprint density at radius 1 is 1.23 bits per heavy atom. The van der Waals surface area contributed by atoms with Crippen molar-refractivity contribution in [3.05, 3.63) is 58.0 Å². The molecule has 2 aromatic rings. The summed E-state index contributed by atoms with van der Waals surface area (Å²) < 4.78 is 1.81. The molecule has 3 fully saturated rings. The molecule has 1 aliphatic carbocycles. The van der Waals surface area contributed by atoms with E-state index in [0.717, 1.165) is 37.0 Å². The largest absolute Gasteiger partial charge is 0.543 e. The number of aromatic nitrogens is 2. The van der Waals surface area contributed by atoms with Gasteiger partial charge in [0.15, 0.2) is 17.0 Å². The standard InChI is InChI=1S/C29H31N7O6S/c1-35-13-5-4-8-19(35)21(17-11-12-31-25(17)37)16-9-10-20-23(27(39)36(20)24(16)28(40)41)33-26(38)22(18-14-43-29(30)32-18)34-42-15-6-2-3-7-15/h4-5,8,13-15,20,23H,2-3,6-7,9-12H2,1H3,(H4-,30,31,32,33,37,38,40,41)/t20-,23+/m1/s1. The minimum Gasteiger partial charge on any atom is -0.543 e. The van der Waals surface area contributed by atoms with Crippen LogP contribution >= 0.6 is 11.3 Å². The number of nitrogens with two attached hydrogens (primary N) is 1. The Morgan fingerprint density at radius 2 is 2.02 bits per heavy atom. The van der Waals surface area contributed by atoms with Crippen LogP contribution in [0.15, 0.2) is 51.8 Å². The van der Waals surface area contributed by atoms with Gasteiger partial charge in [0.25, 0.3) is 11.8 Å². The van der Waals surface area contributed by atoms with Gasteiger partial charge in [-0.25, -0.2) is 9.55 Å². The van der Waals surface area contributed by atoms with Crippen LogP contribution in [-0.2, 0) is 31.1 Å². The zero-order valence-corrected chi connectivity index (χ0v) is 24.3. The van der Waals surface area contributed by atoms with Gasteiger partial charge in [-0.1, -0.05) is 5.16 Å². The third-order valence-electron chi connectivity index (χ3n) is 8.34. The molecular formula is C29H31N7O6S. The number of aliphatic carboxylic acids is 1. The number of pyridine rings is 1. The maximum absolute atomic E-state index is 13.5. The number of fused-ring (bicyclic) bond motifs is 1. The first-order chi connectivity index (χ1) is 20.7. The van der Waals surface area contributed by atoms with Crippen molar-refractivity contribution >= 4 is 51.4 Å². The average Bonchev–Trinajstić information content (AvgIpc) is 3.76. The van der Waals surface area contributed by atoms with Gasteiger partial charge in [-0.3, -0.25) is 14.4 Å². The van der Waals surface area contributed by atoms with Gasteiger partial charge in [0.1, 0.15) is 24.9 Å². The molecule has 14 heteroatoms. The molecule has 1 saturated carbocycles. The number of nitrogen functional groups attached to an aromatic ring is 1. The number of allylic oxidation sites excluding steroid dienone is 2. The number of carbonyl (C=O) groups excluding carboxylic acids is 4. The minimum atomic E-state index is -1.53. The number of β-lactam (4-membered cyclic amide) rings is 1. The van der Waals surface area contributed by atoms with E-state index in [1.807, 2.05) is 6.07 Å². The highest BCUT2D eigenvalue weighted by Gasteiger charge is 2.53. The lowest BCUT2D eigenvalue weighted by atomic mass is 9.79. The van der Waals surface area contributed by atoms with Crippen LogP contribution in [0.3, 0.4) is 0 Å². The topological polar surface area (TPSA) is 183 Å². The molecule has 0 unspecified atom stereocenters. The van der Waals surface area contributed by atoms with Crippen molar-refractivity contribution < 1.29 is 33.7 Å². The molecule has 4 aliphatic rings. The molecule has 6 rings (SSSR count). The molecule has 0 spiro atoms. The fourth-order valence-electron chi connectivity index (χ4n) is 6.26. The number of carboxylic acids is 1. The maximum atomic E-state index is 13.5. The van der Waals surface area contributed by atoms with E-state index in [1.165, 1.54) is 4.90 Å². The lowest BCUT2D eigenvalue weighted by molar-refractivity contribution is -0.673. The summed E-state index contributed by atoms with van der Waals surface area (Å²) >= 11 is 1.14. The van der Waals surface area contributed by atoms with Gasteiger partial charge in [-0.2, -0.15) is 0 Å². The van der Waals surface area contributed by atoms with Crippen LogP contribution in [-0.4, -0.2) is 64.0 Å². The highest BCUT2D eigenvalue weighted by Crippen LogP contribution is 2.42. The first-order valence-electron chi connectivity index (χ1n) is 14.2. The molecule has 224 valence electrons. The van der Waals surface area contributed by atoms with Gasteiger partial charge in [-0.05, 0) is 56.6 Å². The van der Waals surface area contributed by atoms with Gasteiger partial charge in [-0.15, -0.1) is 11.3 Å². The van der Waals surface area contributed by atoms with Crippen molar-refractivity contribution in [3.63, 3.8) is 0 Å². The van der Waals surface area contributed by atoms with E-state index in [1.54, 1.807) is 35.3 Å². The third kappa shape index (κ3) is 5.26. The number of amides is 3. The third-order valence-corrected chi connectivity index (χ3v) is 9.01. The van der Waals surface area contributed by atoms with Gasteiger partial charge in [0.2, 0.25) is 11.6 Å². The molecular weight excluding hydrogens is 574 g/mol. The number of rotatable bonds is 8. The quantitative estimate of drug-likeness (QED) is 0.120. The number of carboxylic acid groups (broad SMARTS) is 1. The first kappa shape index (κ1) is 28.5. The number of hydrogen-bond donors (Lipinski definition) is 3. The van der Waals surface area contributed by atoms with E-state index in [-0.39, 0.29) is 40.7 Å². The predicted molar refractivity (Wildman–Crippen MR) is 152 cm³/mol. The Morgan fingerprint density at radius 3 is 2.67 bits per heavy atom. The molecule has 13 nitrogen and oxygen atoms in total. The lowest BCUT2D eigenvalue weighted by Gasteiger charge is -2.51. The number of nitrogens with zero attached hydrogens (tertiary/aromatic N) is 4. The molecule has 3 amide bonds. The zero-order chi connectivity index (χ0) is 30.2. The summed E-state index contributed by atoms with van der Waals surface area (Å²) in [5.41, 5.74) is 7.56. The summed E-state index contributed by atoms with van der Waals surface area (Å²) in [4.78, 5) is 63.4. The monoisotopic (exact) mass is 605 g/mol. The average molecular weight is 606 g/mol. The fraction of sp³-hybridized carbons (Fsp3) is 0.414. The summed E-state index contributed by atoms with van der Waals surface area (Å²) in [5.74, 6) is -3.08. The van der Waals surface area contributed by atoms with E-state index in [4.69, 9.17) is 10.6 Å². The van der Waals surface area contributed by atoms with E-state index in [0.29, 0.717) is 41.8 Å². The van der Waals surface area contributed by atoms with Crippen molar-refractivity contribution in [1.82, 2.24) is 20.5 Å². The van der Waals surface area contributed by atoms with Crippen LogP contribution in [0, 0.1) is 0 Å². The van der Waals surface area contributed by atoms with E-state index in [9.17, 15) is 24.3 Å². The van der Waals surface area contributed by atoms with Crippen LogP contribution in [0.5, 0.6) is 0 Å². The highest BCUT2D eigenvalue weighted by atomic mass is 32.1. The summed E-state index contributed by atoms with van der Waals surface area (Å²) in [6, 6.07) is 3.82. The summed E-state index contributed by atoms with van der Waals surface area (Å²) in [6.07, 6.45) is 6.40. The summed E-state index contributed by atoms with van der Waals surface area (Å²) in [7, 11) is 1.81. The lowest BCUT2D eigenvalue weighted by Crippen LogP contribution is -2.72. The smallest absolute Gasteiger partial charge is 0.276 e. The summed E-state index contributed by atoms with van der Waals surface area (Å²) in [5, 5.41) is 24.1. The molecule has 2 aromatic heterocycles. The van der Waals surface area contributed by atoms with Gasteiger partial charge in [0.05, 0.1) is 23.3 Å². The zero-order valence-electron chi connectivity index (χ0n) is 23.5. The Labute approximate surface area is 251 Å². The van der Waals surface area contributed by atoms with E-state index < -0.39 is 29.9 Å². The van der Waals surface area contributed by atoms with Crippen molar-refractivity contribution in [3.8, 4) is 0 Å². The molecule has 2 saturated heterocycles. The Balaban J connectivity index is 1.31. The molecule has 2 atom stereocenters. The maximum Gasteiger partial charge on any atom is 0.276 e. The van der Waals surface area contributed by atoms with Crippen LogP contribution in [0.25, 0.3) is 5.57 Å². The molecule has 0 bridgehead atoms. The summed E-state index contributed by atoms with van der Waals surface area (Å²) in [6.45, 7) is 0.431. The molecule has 4 N–H and O–H groups in total. The second kappa shape index (κ2) is 11.6. The number of hydrogen-bond acceptors (Lipinski definition) is 10. The first-order valence-corrected chi connectivity index (χ1v) is 15.1. The van der Waals surface area contributed by atoms with Gasteiger partial charge in [0, 0.05) is 29.6 Å². The normalized spacial score (nSPS) is 23.6. The number of thiazole rings is 1. The van der Waals surface area contributed by atoms with Crippen molar-refractivity contribution in [2.75, 3.05) is 12.3 Å². The second-order valence-electron chi connectivity index (χ2n) is 11.0. The van der Waals surface area contributed by atoms with Crippen LogP contribution < -0.4 is 26.0 Å².